The molecule has 2 aromatic rings. The Kier molecular flexibility index (Phi) is 5.55. The van der Waals surface area contributed by atoms with Gasteiger partial charge < -0.3 is 4.74 Å². The first-order valence-electron chi connectivity index (χ1n) is 7.12. The summed E-state index contributed by atoms with van der Waals surface area (Å²) in [5, 5.41) is 0.143. The lowest BCUT2D eigenvalue weighted by atomic mass is 9.91. The van der Waals surface area contributed by atoms with Crippen LogP contribution in [0, 0.1) is 0 Å². The van der Waals surface area contributed by atoms with E-state index in [4.69, 9.17) is 11.6 Å². The fraction of sp³-hybridized carbons (Fsp3) is 0.176. The van der Waals surface area contributed by atoms with Crippen molar-refractivity contribution >= 4 is 23.4 Å². The number of carbonyl (C=O) groups excluding carboxylic acids is 2. The molecule has 0 aliphatic carbocycles. The number of Topliss-reactive ketones (excluding diaryl/α,β-unsaturated/α-hetero) is 1. The molecule has 10 heteroatoms. The van der Waals surface area contributed by atoms with Crippen LogP contribution in [0.4, 0.5) is 26.3 Å². The van der Waals surface area contributed by atoms with Crippen molar-refractivity contribution in [3.8, 4) is 0 Å². The van der Waals surface area contributed by atoms with E-state index in [0.717, 1.165) is 36.4 Å². The van der Waals surface area contributed by atoms with E-state index in [0.29, 0.717) is 12.1 Å². The first-order chi connectivity index (χ1) is 12.4. The number of esters is 1. The maximum atomic E-state index is 13.5. The summed E-state index contributed by atoms with van der Waals surface area (Å²) in [6, 6.07) is 8.23. The number of ether oxygens (including phenoxy) is 1. The zero-order chi connectivity index (χ0) is 20.5. The summed E-state index contributed by atoms with van der Waals surface area (Å²) in [5.41, 5.74) is -6.86. The van der Waals surface area contributed by atoms with Gasteiger partial charge in [-0.25, -0.2) is 4.79 Å². The zero-order valence-electron chi connectivity index (χ0n) is 13.1. The molecule has 2 rings (SSSR count). The molecule has 0 unspecified atom stereocenters. The minimum atomic E-state index is -6.08. The Hall–Kier alpha value is -2.55. The summed E-state index contributed by atoms with van der Waals surface area (Å²) in [6.07, 6.45) is -12.2. The Morgan fingerprint density at radius 1 is 0.778 bits per heavy atom. The maximum absolute atomic E-state index is 13.5. The Labute approximate surface area is 153 Å². The second kappa shape index (κ2) is 7.22. The monoisotopic (exact) mass is 410 g/mol. The Bertz CT molecular complexity index is 814. The van der Waals surface area contributed by atoms with E-state index in [2.05, 4.69) is 4.74 Å². The van der Waals surface area contributed by atoms with Crippen LogP contribution < -0.4 is 0 Å². The van der Waals surface area contributed by atoms with Gasteiger partial charge in [-0.1, -0.05) is 41.9 Å². The molecule has 0 aliphatic heterocycles. The van der Waals surface area contributed by atoms with Gasteiger partial charge in [0.05, 0.1) is 0 Å². The van der Waals surface area contributed by atoms with E-state index in [1.807, 2.05) is 0 Å². The quantitative estimate of drug-likeness (QED) is 0.305. The molecule has 0 aliphatic rings. The Morgan fingerprint density at radius 3 is 1.70 bits per heavy atom. The van der Waals surface area contributed by atoms with Crippen LogP contribution in [0.5, 0.6) is 0 Å². The van der Waals surface area contributed by atoms with Gasteiger partial charge in [0.2, 0.25) is 0 Å². The van der Waals surface area contributed by atoms with E-state index in [1.54, 1.807) is 0 Å². The van der Waals surface area contributed by atoms with E-state index in [-0.39, 0.29) is 5.02 Å². The summed E-state index contributed by atoms with van der Waals surface area (Å²) in [6.45, 7) is 0. The van der Waals surface area contributed by atoms with E-state index in [9.17, 15) is 35.9 Å². The molecule has 0 spiro atoms. The van der Waals surface area contributed by atoms with Gasteiger partial charge in [0.25, 0.3) is 5.78 Å². The van der Waals surface area contributed by atoms with Gasteiger partial charge >= 0.3 is 23.9 Å². The van der Waals surface area contributed by atoms with Crippen molar-refractivity contribution in [2.24, 2.45) is 0 Å². The average Bonchev–Trinajstić information content (AvgIpc) is 2.58. The van der Waals surface area contributed by atoms with Gasteiger partial charge in [0.15, 0.2) is 0 Å². The van der Waals surface area contributed by atoms with Crippen molar-refractivity contribution in [3.63, 3.8) is 0 Å². The lowest BCUT2D eigenvalue weighted by molar-refractivity contribution is -0.376. The third-order valence-corrected chi connectivity index (χ3v) is 3.77. The normalized spacial score (nSPS) is 12.6. The van der Waals surface area contributed by atoms with E-state index >= 15 is 0 Å². The predicted molar refractivity (Wildman–Crippen MR) is 82.1 cm³/mol. The van der Waals surface area contributed by atoms with Crippen LogP contribution in [0.3, 0.4) is 0 Å². The molecule has 0 bridgehead atoms. The third kappa shape index (κ3) is 3.92. The summed E-state index contributed by atoms with van der Waals surface area (Å²) in [4.78, 5) is 23.9. The highest BCUT2D eigenvalue weighted by molar-refractivity contribution is 6.41. The van der Waals surface area contributed by atoms with Gasteiger partial charge in [-0.2, -0.15) is 26.3 Å². The number of hydrogen-bond acceptors (Lipinski definition) is 3. The Morgan fingerprint density at radius 2 is 1.26 bits per heavy atom. The predicted octanol–water partition coefficient (Wildman–Crippen LogP) is 5.09. The maximum Gasteiger partial charge on any atom is 0.442 e. The van der Waals surface area contributed by atoms with Crippen LogP contribution in [0.15, 0.2) is 54.6 Å². The smallest absolute Gasteiger partial charge is 0.428 e. The van der Waals surface area contributed by atoms with Crippen molar-refractivity contribution in [2.75, 3.05) is 0 Å². The van der Waals surface area contributed by atoms with Crippen LogP contribution in [-0.2, 0) is 15.1 Å². The molecule has 0 amide bonds. The summed E-state index contributed by atoms with van der Waals surface area (Å²) >= 11 is 5.58. The molecule has 0 N–H and O–H groups in total. The van der Waals surface area contributed by atoms with Crippen molar-refractivity contribution in [2.45, 2.75) is 18.0 Å². The van der Waals surface area contributed by atoms with Crippen LogP contribution in [0.25, 0.3) is 0 Å². The van der Waals surface area contributed by atoms with Crippen LogP contribution in [0.2, 0.25) is 5.02 Å². The summed E-state index contributed by atoms with van der Waals surface area (Å²) < 4.78 is 84.9. The molecule has 0 saturated carbocycles. The second-order valence-corrected chi connectivity index (χ2v) is 5.70. The summed E-state index contributed by atoms with van der Waals surface area (Å²) in [5.74, 6) is -3.99. The average molecular weight is 411 g/mol. The largest absolute Gasteiger partial charge is 0.442 e. The minimum Gasteiger partial charge on any atom is -0.428 e. The number of halogens is 7. The minimum absolute atomic E-state index is 0.143. The first-order valence-corrected chi connectivity index (χ1v) is 7.50. The number of carbonyl (C=O) groups is 2. The summed E-state index contributed by atoms with van der Waals surface area (Å²) in [7, 11) is 0. The highest BCUT2D eigenvalue weighted by atomic mass is 35.5. The fourth-order valence-corrected chi connectivity index (χ4v) is 2.37. The number of hydrogen-bond donors (Lipinski definition) is 0. The second-order valence-electron chi connectivity index (χ2n) is 5.27. The van der Waals surface area contributed by atoms with Gasteiger partial charge in [0, 0.05) is 16.1 Å². The first kappa shape index (κ1) is 20.8. The van der Waals surface area contributed by atoms with Crippen LogP contribution in [0.1, 0.15) is 15.9 Å². The van der Waals surface area contributed by atoms with Gasteiger partial charge in [-0.15, -0.1) is 0 Å². The molecule has 144 valence electrons. The number of rotatable bonds is 4. The lowest BCUT2D eigenvalue weighted by Crippen LogP contribution is -2.57. The van der Waals surface area contributed by atoms with Gasteiger partial charge in [0.1, 0.15) is 0 Å². The van der Waals surface area contributed by atoms with Crippen LogP contribution in [-0.4, -0.2) is 24.1 Å². The molecule has 0 aromatic heterocycles. The standard InChI is InChI=1S/C17H9ClF6O3/c18-12-8-6-10(7-9-12)13(25)14(26)27-15(16(19,20)21,17(22,23)24)11-4-2-1-3-5-11/h1-9H. The molecule has 0 radical (unpaired) electrons. The molecular weight excluding hydrogens is 402 g/mol. The van der Waals surface area contributed by atoms with Crippen LogP contribution >= 0.6 is 11.6 Å². The van der Waals surface area contributed by atoms with E-state index < -0.39 is 40.8 Å². The van der Waals surface area contributed by atoms with Crippen molar-refractivity contribution < 1.29 is 40.7 Å². The molecule has 0 atom stereocenters. The number of ketones is 1. The number of alkyl halides is 6. The van der Waals surface area contributed by atoms with Gasteiger partial charge in [-0.3, -0.25) is 4.79 Å². The third-order valence-electron chi connectivity index (χ3n) is 3.52. The zero-order valence-corrected chi connectivity index (χ0v) is 13.8. The van der Waals surface area contributed by atoms with Crippen molar-refractivity contribution in [1.29, 1.82) is 0 Å². The lowest BCUT2D eigenvalue weighted by Gasteiger charge is -2.36. The Balaban J connectivity index is 2.53. The fourth-order valence-electron chi connectivity index (χ4n) is 2.24. The molecular formula is C17H9ClF6O3. The molecule has 0 fully saturated rings. The molecule has 0 heterocycles. The highest BCUT2D eigenvalue weighted by Crippen LogP contribution is 2.53. The molecule has 27 heavy (non-hydrogen) atoms. The topological polar surface area (TPSA) is 43.4 Å². The molecule has 2 aromatic carbocycles. The van der Waals surface area contributed by atoms with Crippen molar-refractivity contribution in [3.05, 3.63) is 70.7 Å². The molecule has 0 saturated heterocycles. The van der Waals surface area contributed by atoms with Crippen molar-refractivity contribution in [1.82, 2.24) is 0 Å². The van der Waals surface area contributed by atoms with Gasteiger partial charge in [-0.05, 0) is 24.3 Å². The highest BCUT2D eigenvalue weighted by Gasteiger charge is 2.75. The SMILES string of the molecule is O=C(OC(c1ccccc1)(C(F)(F)F)C(F)(F)F)C(=O)c1ccc(Cl)cc1. The molecule has 3 nitrogen and oxygen atoms in total. The number of benzene rings is 2. The van der Waals surface area contributed by atoms with E-state index in [1.165, 1.54) is 6.07 Å².